The minimum absolute atomic E-state index is 0. The van der Waals surface area contributed by atoms with Gasteiger partial charge >= 0.3 is 0 Å². The van der Waals surface area contributed by atoms with Crippen LogP contribution in [0, 0.1) is 5.82 Å². The van der Waals surface area contributed by atoms with Crippen LogP contribution in [0.1, 0.15) is 32.7 Å². The van der Waals surface area contributed by atoms with Crippen molar-refractivity contribution in [2.45, 2.75) is 12.5 Å². The third-order valence-corrected chi connectivity index (χ3v) is 5.46. The van der Waals surface area contributed by atoms with Crippen LogP contribution in [-0.4, -0.2) is 40.4 Å². The van der Waals surface area contributed by atoms with E-state index in [0.717, 1.165) is 22.7 Å². The summed E-state index contributed by atoms with van der Waals surface area (Å²) >= 11 is 1.46. The van der Waals surface area contributed by atoms with Gasteiger partial charge in [0.1, 0.15) is 11.5 Å². The molecule has 1 atom stereocenters. The number of amides is 1. The number of rotatable bonds is 4. The van der Waals surface area contributed by atoms with Crippen LogP contribution < -0.4 is 5.32 Å². The molecule has 1 aromatic carbocycles. The van der Waals surface area contributed by atoms with Gasteiger partial charge in [0.15, 0.2) is 0 Å². The Morgan fingerprint density at radius 2 is 2.03 bits per heavy atom. The monoisotopic (exact) mass is 454 g/mol. The molecule has 0 aliphatic carbocycles. The molecule has 0 saturated carbocycles. The Morgan fingerprint density at radius 1 is 1.24 bits per heavy atom. The molecule has 1 fully saturated rings. The van der Waals surface area contributed by atoms with Crippen LogP contribution in [0.25, 0.3) is 0 Å². The molecule has 0 spiro atoms. The van der Waals surface area contributed by atoms with Gasteiger partial charge in [-0.2, -0.15) is 0 Å². The highest BCUT2D eigenvalue weighted by Crippen LogP contribution is 2.24. The fourth-order valence-electron chi connectivity index (χ4n) is 3.23. The summed E-state index contributed by atoms with van der Waals surface area (Å²) in [5.74, 6) is -0.319. The van der Waals surface area contributed by atoms with Crippen LogP contribution in [0.2, 0.25) is 0 Å². The highest BCUT2D eigenvalue weighted by Gasteiger charge is 2.30. The number of pyridine rings is 1. The van der Waals surface area contributed by atoms with E-state index in [0.29, 0.717) is 25.2 Å². The quantitative estimate of drug-likeness (QED) is 0.649. The number of thiazole rings is 1. The Balaban J connectivity index is 0.00000150. The number of hydrogen-bond donors (Lipinski definition) is 1. The van der Waals surface area contributed by atoms with Gasteiger partial charge in [-0.25, -0.2) is 9.37 Å². The molecule has 1 aliphatic heterocycles. The number of carbonyl (C=O) groups is 1. The van der Waals surface area contributed by atoms with E-state index in [2.05, 4.69) is 15.3 Å². The molecule has 0 radical (unpaired) electrons. The maximum Gasteiger partial charge on any atom is 0.273 e. The standard InChI is InChI=1S/C20H19FN4OS.2ClH/c21-16-5-3-14(4-6-16)10-19-24-17(13-27-19)20(26)25-9-8-23-12-18(25)15-2-1-7-22-11-15;;/h1-7,11,13,18,23H,8-10,12H2;2*1H. The Labute approximate surface area is 185 Å². The molecule has 3 heterocycles. The van der Waals surface area contributed by atoms with Crippen LogP contribution >= 0.6 is 36.2 Å². The molecule has 4 rings (SSSR count). The van der Waals surface area contributed by atoms with Gasteiger partial charge in [0.2, 0.25) is 0 Å². The van der Waals surface area contributed by atoms with Gasteiger partial charge in [0, 0.05) is 43.8 Å². The Bertz CT molecular complexity index is 924. The Kier molecular flexibility index (Phi) is 8.52. The summed E-state index contributed by atoms with van der Waals surface area (Å²) in [5.41, 5.74) is 2.45. The molecule has 1 unspecified atom stereocenters. The number of piperazine rings is 1. The lowest BCUT2D eigenvalue weighted by atomic mass is 10.0. The Hall–Kier alpha value is -2.06. The van der Waals surface area contributed by atoms with E-state index in [-0.39, 0.29) is 42.6 Å². The van der Waals surface area contributed by atoms with E-state index in [1.165, 1.54) is 23.5 Å². The first-order valence-electron chi connectivity index (χ1n) is 8.81. The fourth-order valence-corrected chi connectivity index (χ4v) is 4.03. The molecule has 29 heavy (non-hydrogen) atoms. The molecular formula is C20H21Cl2FN4OS. The van der Waals surface area contributed by atoms with Gasteiger partial charge in [-0.3, -0.25) is 9.78 Å². The predicted molar refractivity (Wildman–Crippen MR) is 117 cm³/mol. The highest BCUT2D eigenvalue weighted by atomic mass is 35.5. The summed E-state index contributed by atoms with van der Waals surface area (Å²) in [7, 11) is 0. The average Bonchev–Trinajstić information content (AvgIpc) is 3.18. The van der Waals surface area contributed by atoms with E-state index in [9.17, 15) is 9.18 Å². The number of nitrogens with zero attached hydrogens (tertiary/aromatic N) is 3. The van der Waals surface area contributed by atoms with Gasteiger partial charge in [-0.15, -0.1) is 36.2 Å². The zero-order chi connectivity index (χ0) is 18.6. The lowest BCUT2D eigenvalue weighted by Gasteiger charge is -2.36. The van der Waals surface area contributed by atoms with Crippen molar-refractivity contribution in [2.24, 2.45) is 0 Å². The molecule has 3 aromatic rings. The summed E-state index contributed by atoms with van der Waals surface area (Å²) in [6.45, 7) is 2.09. The van der Waals surface area contributed by atoms with Crippen molar-refractivity contribution in [2.75, 3.05) is 19.6 Å². The number of carbonyl (C=O) groups excluding carboxylic acids is 1. The topological polar surface area (TPSA) is 58.1 Å². The molecular weight excluding hydrogens is 434 g/mol. The first-order valence-corrected chi connectivity index (χ1v) is 9.69. The summed E-state index contributed by atoms with van der Waals surface area (Å²) < 4.78 is 13.0. The third kappa shape index (κ3) is 5.51. The van der Waals surface area contributed by atoms with Crippen molar-refractivity contribution in [1.82, 2.24) is 20.2 Å². The second kappa shape index (κ2) is 10.6. The second-order valence-corrected chi connectivity index (χ2v) is 7.38. The lowest BCUT2D eigenvalue weighted by Crippen LogP contribution is -2.48. The molecule has 5 nitrogen and oxygen atoms in total. The van der Waals surface area contributed by atoms with Crippen LogP contribution in [0.5, 0.6) is 0 Å². The molecule has 1 amide bonds. The number of benzene rings is 1. The first kappa shape index (κ1) is 23.2. The molecule has 2 aromatic heterocycles. The molecule has 1 saturated heterocycles. The van der Waals surface area contributed by atoms with E-state index in [1.807, 2.05) is 22.4 Å². The summed E-state index contributed by atoms with van der Waals surface area (Å²) in [6, 6.07) is 10.2. The molecule has 1 aliphatic rings. The van der Waals surface area contributed by atoms with Crippen molar-refractivity contribution in [3.8, 4) is 0 Å². The van der Waals surface area contributed by atoms with Gasteiger partial charge in [0.25, 0.3) is 5.91 Å². The molecule has 1 N–H and O–H groups in total. The second-order valence-electron chi connectivity index (χ2n) is 6.43. The fraction of sp³-hybridized carbons (Fsp3) is 0.250. The van der Waals surface area contributed by atoms with Crippen LogP contribution in [0.4, 0.5) is 4.39 Å². The first-order chi connectivity index (χ1) is 13.2. The van der Waals surface area contributed by atoms with Crippen molar-refractivity contribution < 1.29 is 9.18 Å². The van der Waals surface area contributed by atoms with Gasteiger partial charge < -0.3 is 10.2 Å². The van der Waals surface area contributed by atoms with E-state index >= 15 is 0 Å². The largest absolute Gasteiger partial charge is 0.328 e. The van der Waals surface area contributed by atoms with Crippen LogP contribution in [0.3, 0.4) is 0 Å². The van der Waals surface area contributed by atoms with E-state index in [4.69, 9.17) is 0 Å². The van der Waals surface area contributed by atoms with Crippen LogP contribution in [-0.2, 0) is 6.42 Å². The minimum Gasteiger partial charge on any atom is -0.328 e. The molecule has 0 bridgehead atoms. The highest BCUT2D eigenvalue weighted by molar-refractivity contribution is 7.09. The normalized spacial score (nSPS) is 15.9. The zero-order valence-corrected chi connectivity index (χ0v) is 17.9. The SMILES string of the molecule is Cl.Cl.O=C(c1csc(Cc2ccc(F)cc2)n1)N1CCNCC1c1cccnc1. The average molecular weight is 455 g/mol. The van der Waals surface area contributed by atoms with Crippen molar-refractivity contribution in [1.29, 1.82) is 0 Å². The zero-order valence-electron chi connectivity index (χ0n) is 15.5. The number of nitrogens with one attached hydrogen (secondary N) is 1. The van der Waals surface area contributed by atoms with E-state index in [1.54, 1.807) is 24.5 Å². The number of halogens is 3. The molecule has 154 valence electrons. The maximum absolute atomic E-state index is 13.1. The van der Waals surface area contributed by atoms with Crippen LogP contribution in [0.15, 0.2) is 54.2 Å². The number of aromatic nitrogens is 2. The Morgan fingerprint density at radius 3 is 2.76 bits per heavy atom. The summed E-state index contributed by atoms with van der Waals surface area (Å²) in [6.07, 6.45) is 4.12. The third-order valence-electron chi connectivity index (χ3n) is 4.61. The smallest absolute Gasteiger partial charge is 0.273 e. The van der Waals surface area contributed by atoms with Gasteiger partial charge in [-0.05, 0) is 29.3 Å². The predicted octanol–water partition coefficient (Wildman–Crippen LogP) is 3.90. The summed E-state index contributed by atoms with van der Waals surface area (Å²) in [5, 5.41) is 6.00. The maximum atomic E-state index is 13.1. The lowest BCUT2D eigenvalue weighted by molar-refractivity contribution is 0.0628. The van der Waals surface area contributed by atoms with Crippen molar-refractivity contribution in [3.05, 3.63) is 81.8 Å². The molecule has 9 heteroatoms. The van der Waals surface area contributed by atoms with Gasteiger partial charge in [-0.1, -0.05) is 18.2 Å². The number of hydrogen-bond acceptors (Lipinski definition) is 5. The van der Waals surface area contributed by atoms with Gasteiger partial charge in [0.05, 0.1) is 11.0 Å². The van der Waals surface area contributed by atoms with Crippen molar-refractivity contribution >= 4 is 42.1 Å². The van der Waals surface area contributed by atoms with E-state index < -0.39 is 0 Å². The minimum atomic E-state index is -0.256. The van der Waals surface area contributed by atoms with Crippen molar-refractivity contribution in [3.63, 3.8) is 0 Å². The summed E-state index contributed by atoms with van der Waals surface area (Å²) in [4.78, 5) is 23.6.